The second kappa shape index (κ2) is 5.17. The van der Waals surface area contributed by atoms with Crippen LogP contribution < -0.4 is 4.74 Å². The first-order valence-corrected chi connectivity index (χ1v) is 5.30. The maximum Gasteiger partial charge on any atom is 0.172 e. The van der Waals surface area contributed by atoms with Crippen molar-refractivity contribution in [2.75, 3.05) is 6.61 Å². The van der Waals surface area contributed by atoms with Crippen molar-refractivity contribution in [3.8, 4) is 5.75 Å². The Morgan fingerprint density at radius 1 is 1.47 bits per heavy atom. The van der Waals surface area contributed by atoms with Gasteiger partial charge < -0.3 is 4.74 Å². The first-order chi connectivity index (χ1) is 7.00. The molecule has 0 aliphatic heterocycles. The standard InChI is InChI=1S/C12H15ClO2/c1-8(2)11(14)7-15-12-6-10(13)5-4-9(12)3/h4-6,8H,7H2,1-3H3. The van der Waals surface area contributed by atoms with Gasteiger partial charge in [0.25, 0.3) is 0 Å². The predicted octanol–water partition coefficient (Wildman–Crippen LogP) is 3.25. The molecule has 0 fully saturated rings. The molecule has 0 saturated carbocycles. The molecule has 0 aliphatic carbocycles. The quantitative estimate of drug-likeness (QED) is 0.788. The van der Waals surface area contributed by atoms with Crippen molar-refractivity contribution in [1.29, 1.82) is 0 Å². The van der Waals surface area contributed by atoms with Crippen LogP contribution >= 0.6 is 11.6 Å². The Hall–Kier alpha value is -1.02. The fourth-order valence-corrected chi connectivity index (χ4v) is 1.21. The van der Waals surface area contributed by atoms with Gasteiger partial charge in [-0.25, -0.2) is 0 Å². The zero-order valence-corrected chi connectivity index (χ0v) is 9.97. The van der Waals surface area contributed by atoms with E-state index in [9.17, 15) is 4.79 Å². The van der Waals surface area contributed by atoms with Gasteiger partial charge in [-0.1, -0.05) is 31.5 Å². The SMILES string of the molecule is Cc1ccc(Cl)cc1OCC(=O)C(C)C. The number of rotatable bonds is 4. The van der Waals surface area contributed by atoms with Crippen molar-refractivity contribution in [1.82, 2.24) is 0 Å². The highest BCUT2D eigenvalue weighted by molar-refractivity contribution is 6.30. The summed E-state index contributed by atoms with van der Waals surface area (Å²) in [4.78, 5) is 11.4. The molecule has 3 heteroatoms. The molecule has 0 bridgehead atoms. The van der Waals surface area contributed by atoms with Gasteiger partial charge in [-0.15, -0.1) is 0 Å². The minimum absolute atomic E-state index is 0.00416. The molecule has 0 atom stereocenters. The van der Waals surface area contributed by atoms with Gasteiger partial charge in [0.15, 0.2) is 5.78 Å². The van der Waals surface area contributed by atoms with Gasteiger partial charge in [0.1, 0.15) is 12.4 Å². The number of Topliss-reactive ketones (excluding diaryl/α,β-unsaturated/α-hetero) is 1. The van der Waals surface area contributed by atoms with E-state index in [0.29, 0.717) is 10.8 Å². The highest BCUT2D eigenvalue weighted by Crippen LogP contribution is 2.22. The van der Waals surface area contributed by atoms with Crippen LogP contribution in [0.3, 0.4) is 0 Å². The van der Waals surface area contributed by atoms with E-state index in [1.54, 1.807) is 12.1 Å². The monoisotopic (exact) mass is 226 g/mol. The van der Waals surface area contributed by atoms with E-state index >= 15 is 0 Å². The normalized spacial score (nSPS) is 10.5. The molecule has 82 valence electrons. The molecule has 0 spiro atoms. The summed E-state index contributed by atoms with van der Waals surface area (Å²) in [7, 11) is 0. The summed E-state index contributed by atoms with van der Waals surface area (Å²) >= 11 is 5.83. The Labute approximate surface area is 95.2 Å². The van der Waals surface area contributed by atoms with Crippen molar-refractivity contribution >= 4 is 17.4 Å². The van der Waals surface area contributed by atoms with Crippen LogP contribution in [0.15, 0.2) is 18.2 Å². The van der Waals surface area contributed by atoms with Crippen molar-refractivity contribution in [3.63, 3.8) is 0 Å². The third kappa shape index (κ3) is 3.56. The zero-order valence-electron chi connectivity index (χ0n) is 9.21. The van der Waals surface area contributed by atoms with E-state index in [0.717, 1.165) is 5.56 Å². The number of carbonyl (C=O) groups is 1. The first-order valence-electron chi connectivity index (χ1n) is 4.92. The molecule has 2 nitrogen and oxygen atoms in total. The Bertz CT molecular complexity index is 359. The number of carbonyl (C=O) groups excluding carboxylic acids is 1. The van der Waals surface area contributed by atoms with E-state index in [1.807, 2.05) is 26.8 Å². The average Bonchev–Trinajstić information content (AvgIpc) is 2.18. The molecular formula is C12H15ClO2. The fraction of sp³-hybridized carbons (Fsp3) is 0.417. The summed E-state index contributed by atoms with van der Waals surface area (Å²) < 4.78 is 5.41. The molecule has 0 radical (unpaired) electrons. The van der Waals surface area contributed by atoms with E-state index in [-0.39, 0.29) is 18.3 Å². The molecule has 0 heterocycles. The Balaban J connectivity index is 2.65. The molecule has 0 unspecified atom stereocenters. The van der Waals surface area contributed by atoms with Crippen molar-refractivity contribution in [2.24, 2.45) is 5.92 Å². The predicted molar refractivity (Wildman–Crippen MR) is 61.5 cm³/mol. The third-order valence-corrected chi connectivity index (χ3v) is 2.40. The maximum atomic E-state index is 11.4. The molecule has 15 heavy (non-hydrogen) atoms. The minimum Gasteiger partial charge on any atom is -0.486 e. The van der Waals surface area contributed by atoms with Gasteiger partial charge in [0.2, 0.25) is 0 Å². The maximum absolute atomic E-state index is 11.4. The lowest BCUT2D eigenvalue weighted by Gasteiger charge is -2.09. The van der Waals surface area contributed by atoms with Crippen LogP contribution in [-0.4, -0.2) is 12.4 Å². The lowest BCUT2D eigenvalue weighted by atomic mass is 10.1. The molecule has 0 aliphatic rings. The first kappa shape index (κ1) is 12.1. The summed E-state index contributed by atoms with van der Waals surface area (Å²) in [5.74, 6) is 0.773. The van der Waals surface area contributed by atoms with Crippen LogP contribution in [0.5, 0.6) is 5.75 Å². The van der Waals surface area contributed by atoms with Crippen LogP contribution in [0.4, 0.5) is 0 Å². The van der Waals surface area contributed by atoms with Crippen molar-refractivity contribution in [2.45, 2.75) is 20.8 Å². The number of hydrogen-bond donors (Lipinski definition) is 0. The average molecular weight is 227 g/mol. The number of aryl methyl sites for hydroxylation is 1. The smallest absolute Gasteiger partial charge is 0.172 e. The number of halogens is 1. The van der Waals surface area contributed by atoms with Gasteiger partial charge in [-0.05, 0) is 24.6 Å². The second-order valence-corrected chi connectivity index (χ2v) is 4.26. The van der Waals surface area contributed by atoms with Gasteiger partial charge in [-0.3, -0.25) is 4.79 Å². The van der Waals surface area contributed by atoms with Gasteiger partial charge in [-0.2, -0.15) is 0 Å². The summed E-state index contributed by atoms with van der Waals surface area (Å²) in [6.45, 7) is 5.75. The Morgan fingerprint density at radius 2 is 2.13 bits per heavy atom. The van der Waals surface area contributed by atoms with Gasteiger partial charge in [0.05, 0.1) is 0 Å². The lowest BCUT2D eigenvalue weighted by Crippen LogP contribution is -2.17. The number of hydrogen-bond acceptors (Lipinski definition) is 2. The van der Waals surface area contributed by atoms with Crippen LogP contribution in [0, 0.1) is 12.8 Å². The van der Waals surface area contributed by atoms with Crippen LogP contribution in [-0.2, 0) is 4.79 Å². The minimum atomic E-state index is 0.00416. The highest BCUT2D eigenvalue weighted by atomic mass is 35.5. The number of ether oxygens (including phenoxy) is 1. The second-order valence-electron chi connectivity index (χ2n) is 3.82. The van der Waals surface area contributed by atoms with E-state index < -0.39 is 0 Å². The van der Waals surface area contributed by atoms with Crippen molar-refractivity contribution < 1.29 is 9.53 Å². The lowest BCUT2D eigenvalue weighted by molar-refractivity contribution is -0.123. The summed E-state index contributed by atoms with van der Waals surface area (Å²) in [5, 5.41) is 0.618. The van der Waals surface area contributed by atoms with Gasteiger partial charge in [0, 0.05) is 10.9 Å². The summed E-state index contributed by atoms with van der Waals surface area (Å²) in [5.41, 5.74) is 0.982. The molecule has 1 aromatic carbocycles. The number of ketones is 1. The van der Waals surface area contributed by atoms with Crippen LogP contribution in [0.25, 0.3) is 0 Å². The van der Waals surface area contributed by atoms with Crippen molar-refractivity contribution in [3.05, 3.63) is 28.8 Å². The zero-order chi connectivity index (χ0) is 11.4. The van der Waals surface area contributed by atoms with E-state index in [4.69, 9.17) is 16.3 Å². The third-order valence-electron chi connectivity index (χ3n) is 2.16. The molecular weight excluding hydrogens is 212 g/mol. The fourth-order valence-electron chi connectivity index (χ4n) is 1.04. The largest absolute Gasteiger partial charge is 0.486 e. The molecule has 0 amide bonds. The molecule has 0 N–H and O–H groups in total. The van der Waals surface area contributed by atoms with E-state index in [2.05, 4.69) is 0 Å². The van der Waals surface area contributed by atoms with Gasteiger partial charge >= 0.3 is 0 Å². The molecule has 1 aromatic rings. The summed E-state index contributed by atoms with van der Waals surface area (Å²) in [6.07, 6.45) is 0. The Kier molecular flexibility index (Phi) is 4.15. The molecule has 0 aromatic heterocycles. The number of benzene rings is 1. The topological polar surface area (TPSA) is 26.3 Å². The molecule has 1 rings (SSSR count). The highest BCUT2D eigenvalue weighted by Gasteiger charge is 2.09. The Morgan fingerprint density at radius 3 is 2.73 bits per heavy atom. The van der Waals surface area contributed by atoms with E-state index in [1.165, 1.54) is 0 Å². The summed E-state index contributed by atoms with van der Waals surface area (Å²) in [6, 6.07) is 5.40. The van der Waals surface area contributed by atoms with Crippen LogP contribution in [0.1, 0.15) is 19.4 Å². The molecule has 0 saturated heterocycles. The van der Waals surface area contributed by atoms with Crippen LogP contribution in [0.2, 0.25) is 5.02 Å².